The first-order valence-electron chi connectivity index (χ1n) is 9.00. The van der Waals surface area contributed by atoms with Crippen LogP contribution in [0.25, 0.3) is 22.6 Å². The molecule has 4 rings (SSSR count). The normalized spacial score (nSPS) is 11.5. The Morgan fingerprint density at radius 1 is 1.10 bits per heavy atom. The minimum atomic E-state index is -4.38. The Labute approximate surface area is 172 Å². The van der Waals surface area contributed by atoms with E-state index >= 15 is 0 Å². The molecule has 0 aliphatic heterocycles. The van der Waals surface area contributed by atoms with E-state index < -0.39 is 23.0 Å². The average molecular weight is 428 g/mol. The maximum atomic E-state index is 12.6. The highest BCUT2D eigenvalue weighted by atomic mass is 19.4. The van der Waals surface area contributed by atoms with Crippen molar-refractivity contribution >= 4 is 11.2 Å². The maximum Gasteiger partial charge on any atom is 0.416 e. The van der Waals surface area contributed by atoms with Crippen molar-refractivity contribution in [1.29, 1.82) is 0 Å². The number of aromatic nitrogens is 6. The lowest BCUT2D eigenvalue weighted by Crippen LogP contribution is -2.36. The second-order valence-electron chi connectivity index (χ2n) is 6.79. The van der Waals surface area contributed by atoms with Gasteiger partial charge >= 0.3 is 11.9 Å². The molecule has 4 aromatic rings. The lowest BCUT2D eigenvalue weighted by Gasteiger charge is -2.05. The van der Waals surface area contributed by atoms with Gasteiger partial charge in [-0.15, -0.1) is 0 Å². The van der Waals surface area contributed by atoms with Crippen LogP contribution < -0.4 is 11.2 Å². The summed E-state index contributed by atoms with van der Waals surface area (Å²) in [6.07, 6.45) is -1.20. The van der Waals surface area contributed by atoms with E-state index in [0.717, 1.165) is 16.7 Å². The standard InChI is InChI=1S/C20H15F3N6O2/c1-27-17-15(18(30)28(2)19(27)31)25-16(26-17)13-10-24-29(11-13)9-3-4-12-5-7-14(8-6-12)20(21,22)23/h5-8,10-11H,9H2,1-2H3,(H,25,26). The molecule has 8 nitrogen and oxygen atoms in total. The Hall–Kier alpha value is -4.07. The van der Waals surface area contributed by atoms with Crippen molar-refractivity contribution in [2.75, 3.05) is 0 Å². The number of imidazole rings is 1. The molecule has 0 spiro atoms. The van der Waals surface area contributed by atoms with Gasteiger partial charge in [-0.2, -0.15) is 18.3 Å². The molecular weight excluding hydrogens is 413 g/mol. The molecular formula is C20H15F3N6O2. The molecule has 0 aliphatic carbocycles. The summed E-state index contributed by atoms with van der Waals surface area (Å²) in [5, 5.41) is 4.17. The first-order chi connectivity index (χ1) is 14.6. The fraction of sp³-hybridized carbons (Fsp3) is 0.200. The van der Waals surface area contributed by atoms with E-state index in [1.54, 1.807) is 6.20 Å². The number of halogens is 3. The molecule has 31 heavy (non-hydrogen) atoms. The Morgan fingerprint density at radius 3 is 2.48 bits per heavy atom. The van der Waals surface area contributed by atoms with Gasteiger partial charge in [0.2, 0.25) is 0 Å². The molecule has 0 bridgehead atoms. The number of hydrogen-bond acceptors (Lipinski definition) is 4. The highest BCUT2D eigenvalue weighted by molar-refractivity contribution is 5.75. The molecule has 0 aliphatic rings. The fourth-order valence-corrected chi connectivity index (χ4v) is 3.00. The van der Waals surface area contributed by atoms with E-state index in [-0.39, 0.29) is 17.7 Å². The number of aryl methyl sites for hydroxylation is 1. The van der Waals surface area contributed by atoms with Crippen LogP contribution in [-0.4, -0.2) is 28.9 Å². The van der Waals surface area contributed by atoms with Gasteiger partial charge in [0.05, 0.1) is 17.3 Å². The number of fused-ring (bicyclic) bond motifs is 1. The Balaban J connectivity index is 1.55. The van der Waals surface area contributed by atoms with Gasteiger partial charge in [-0.1, -0.05) is 11.8 Å². The quantitative estimate of drug-likeness (QED) is 0.494. The molecule has 158 valence electrons. The van der Waals surface area contributed by atoms with E-state index in [4.69, 9.17) is 0 Å². The number of rotatable bonds is 2. The summed E-state index contributed by atoms with van der Waals surface area (Å²) in [5.41, 5.74) is -0.215. The second kappa shape index (κ2) is 7.32. The summed E-state index contributed by atoms with van der Waals surface area (Å²) in [4.78, 5) is 31.6. The number of nitrogens with zero attached hydrogens (tertiary/aromatic N) is 5. The molecule has 3 heterocycles. The highest BCUT2D eigenvalue weighted by Gasteiger charge is 2.29. The number of nitrogens with one attached hydrogen (secondary N) is 1. The third kappa shape index (κ3) is 3.75. The van der Waals surface area contributed by atoms with Crippen molar-refractivity contribution < 1.29 is 13.2 Å². The van der Waals surface area contributed by atoms with Crippen LogP contribution in [0.5, 0.6) is 0 Å². The molecule has 11 heteroatoms. The largest absolute Gasteiger partial charge is 0.416 e. The van der Waals surface area contributed by atoms with Crippen LogP contribution >= 0.6 is 0 Å². The Morgan fingerprint density at radius 2 is 1.81 bits per heavy atom. The molecule has 0 saturated heterocycles. The van der Waals surface area contributed by atoms with E-state index in [9.17, 15) is 22.8 Å². The summed E-state index contributed by atoms with van der Waals surface area (Å²) < 4.78 is 41.6. The molecule has 0 saturated carbocycles. The summed E-state index contributed by atoms with van der Waals surface area (Å²) in [5.74, 6) is 6.00. The predicted molar refractivity (Wildman–Crippen MR) is 106 cm³/mol. The average Bonchev–Trinajstić information content (AvgIpc) is 3.38. The van der Waals surface area contributed by atoms with Gasteiger partial charge in [0.25, 0.3) is 5.56 Å². The van der Waals surface area contributed by atoms with Gasteiger partial charge in [-0.05, 0) is 24.3 Å². The van der Waals surface area contributed by atoms with E-state index in [0.29, 0.717) is 17.0 Å². The van der Waals surface area contributed by atoms with E-state index in [1.165, 1.54) is 41.7 Å². The lowest BCUT2D eigenvalue weighted by molar-refractivity contribution is -0.137. The van der Waals surface area contributed by atoms with Crippen LogP contribution in [0.2, 0.25) is 0 Å². The van der Waals surface area contributed by atoms with Crippen molar-refractivity contribution in [2.24, 2.45) is 14.1 Å². The van der Waals surface area contributed by atoms with E-state index in [1.807, 2.05) is 0 Å². The van der Waals surface area contributed by atoms with Gasteiger partial charge in [0.15, 0.2) is 5.65 Å². The number of aromatic amines is 1. The zero-order valence-corrected chi connectivity index (χ0v) is 16.4. The monoisotopic (exact) mass is 428 g/mol. The lowest BCUT2D eigenvalue weighted by atomic mass is 10.1. The molecule has 1 N–H and O–H groups in total. The van der Waals surface area contributed by atoms with Gasteiger partial charge in [-0.3, -0.25) is 18.6 Å². The fourth-order valence-electron chi connectivity index (χ4n) is 3.00. The third-order valence-electron chi connectivity index (χ3n) is 4.69. The molecule has 0 fully saturated rings. The second-order valence-corrected chi connectivity index (χ2v) is 6.79. The van der Waals surface area contributed by atoms with Gasteiger partial charge in [0.1, 0.15) is 17.9 Å². The zero-order valence-electron chi connectivity index (χ0n) is 16.4. The predicted octanol–water partition coefficient (Wildman–Crippen LogP) is 1.89. The van der Waals surface area contributed by atoms with Crippen molar-refractivity contribution in [2.45, 2.75) is 12.7 Å². The molecule has 0 unspecified atom stereocenters. The first-order valence-corrected chi connectivity index (χ1v) is 9.00. The summed E-state index contributed by atoms with van der Waals surface area (Å²) in [7, 11) is 2.91. The SMILES string of the molecule is Cn1c(=O)c2[nH]c(-c3cnn(CC#Cc4ccc(C(F)(F)F)cc4)c3)nc2n(C)c1=O. The number of hydrogen-bond donors (Lipinski definition) is 1. The van der Waals surface area contributed by atoms with Crippen LogP contribution in [0, 0.1) is 11.8 Å². The van der Waals surface area contributed by atoms with Crippen LogP contribution in [-0.2, 0) is 26.8 Å². The molecule has 3 aromatic heterocycles. The van der Waals surface area contributed by atoms with Gasteiger partial charge < -0.3 is 4.98 Å². The minimum absolute atomic E-state index is 0.196. The van der Waals surface area contributed by atoms with Crippen molar-refractivity contribution in [3.8, 4) is 23.2 Å². The minimum Gasteiger partial charge on any atom is -0.332 e. The Bertz CT molecular complexity index is 1460. The van der Waals surface area contributed by atoms with Gasteiger partial charge in [-0.25, -0.2) is 9.78 Å². The molecule has 0 atom stereocenters. The number of benzene rings is 1. The number of H-pyrrole nitrogens is 1. The summed E-state index contributed by atoms with van der Waals surface area (Å²) >= 11 is 0. The molecule has 1 aromatic carbocycles. The molecule has 0 radical (unpaired) electrons. The Kier molecular flexibility index (Phi) is 4.77. The van der Waals surface area contributed by atoms with Crippen LogP contribution in [0.15, 0.2) is 46.2 Å². The summed E-state index contributed by atoms with van der Waals surface area (Å²) in [6, 6.07) is 4.58. The molecule has 0 amide bonds. The first kappa shape index (κ1) is 20.2. The van der Waals surface area contributed by atoms with Crippen molar-refractivity contribution in [1.82, 2.24) is 28.9 Å². The van der Waals surface area contributed by atoms with Crippen molar-refractivity contribution in [3.05, 3.63) is 68.6 Å². The highest BCUT2D eigenvalue weighted by Crippen LogP contribution is 2.28. The third-order valence-corrected chi connectivity index (χ3v) is 4.69. The number of alkyl halides is 3. The van der Waals surface area contributed by atoms with Gasteiger partial charge in [0, 0.05) is 25.9 Å². The topological polar surface area (TPSA) is 90.5 Å². The zero-order chi connectivity index (χ0) is 22.3. The van der Waals surface area contributed by atoms with Crippen LogP contribution in [0.1, 0.15) is 11.1 Å². The van der Waals surface area contributed by atoms with E-state index in [2.05, 4.69) is 26.9 Å². The van der Waals surface area contributed by atoms with Crippen molar-refractivity contribution in [3.63, 3.8) is 0 Å². The van der Waals surface area contributed by atoms with Crippen LogP contribution in [0.4, 0.5) is 13.2 Å². The maximum absolute atomic E-state index is 12.6. The smallest absolute Gasteiger partial charge is 0.332 e. The van der Waals surface area contributed by atoms with Crippen LogP contribution in [0.3, 0.4) is 0 Å². The summed E-state index contributed by atoms with van der Waals surface area (Å²) in [6.45, 7) is 0.196.